The van der Waals surface area contributed by atoms with Gasteiger partial charge in [0.1, 0.15) is 5.82 Å². The number of H-pyrrole nitrogens is 1. The lowest BCUT2D eigenvalue weighted by Gasteiger charge is -2.08. The van der Waals surface area contributed by atoms with E-state index >= 15 is 0 Å². The van der Waals surface area contributed by atoms with E-state index in [1.54, 1.807) is 36.5 Å². The van der Waals surface area contributed by atoms with E-state index in [4.69, 9.17) is 21.7 Å². The van der Waals surface area contributed by atoms with Crippen molar-refractivity contribution in [3.63, 3.8) is 0 Å². The summed E-state index contributed by atoms with van der Waals surface area (Å²) in [6, 6.07) is 11.2. The topological polar surface area (TPSA) is 81.5 Å². The number of methoxy groups -OCH3 is 1. The molecule has 0 saturated heterocycles. The minimum Gasteiger partial charge on any atom is -0.493 e. The van der Waals surface area contributed by atoms with Crippen LogP contribution in [0.1, 0.15) is 23.9 Å². The Morgan fingerprint density at radius 1 is 1.29 bits per heavy atom. The number of esters is 1. The van der Waals surface area contributed by atoms with Crippen LogP contribution in [0, 0.1) is 10.6 Å². The fraction of sp³-hybridized carbons (Fsp3) is 0.158. The molecule has 0 aliphatic heterocycles. The van der Waals surface area contributed by atoms with Crippen molar-refractivity contribution in [1.29, 1.82) is 0 Å². The van der Waals surface area contributed by atoms with Crippen LogP contribution in [0.4, 0.5) is 4.39 Å². The molecule has 0 radical (unpaired) electrons. The van der Waals surface area contributed by atoms with E-state index in [2.05, 4.69) is 15.3 Å². The second-order valence-corrected chi connectivity index (χ2v) is 6.20. The summed E-state index contributed by atoms with van der Waals surface area (Å²) in [6.07, 6.45) is 2.01. The minimum atomic E-state index is -0.435. The van der Waals surface area contributed by atoms with E-state index in [1.807, 2.05) is 0 Å². The van der Waals surface area contributed by atoms with E-state index in [1.165, 1.54) is 30.8 Å². The molecule has 0 unspecified atom stereocenters. The van der Waals surface area contributed by atoms with Crippen LogP contribution in [0.15, 0.2) is 47.6 Å². The molecule has 0 fully saturated rings. The van der Waals surface area contributed by atoms with Gasteiger partial charge in [-0.2, -0.15) is 14.9 Å². The Labute approximate surface area is 165 Å². The van der Waals surface area contributed by atoms with Crippen molar-refractivity contribution < 1.29 is 18.7 Å². The van der Waals surface area contributed by atoms with Gasteiger partial charge in [-0.15, -0.1) is 0 Å². The first-order chi connectivity index (χ1) is 13.5. The smallest absolute Gasteiger partial charge is 0.308 e. The molecule has 1 aromatic heterocycles. The monoisotopic (exact) mass is 400 g/mol. The molecule has 9 heteroatoms. The summed E-state index contributed by atoms with van der Waals surface area (Å²) in [6.45, 7) is 1.32. The predicted octanol–water partition coefficient (Wildman–Crippen LogP) is 3.49. The fourth-order valence-electron chi connectivity index (χ4n) is 2.47. The highest BCUT2D eigenvalue weighted by atomic mass is 32.1. The number of nitrogens with zero attached hydrogens (tertiary/aromatic N) is 3. The molecule has 2 aromatic carbocycles. The van der Waals surface area contributed by atoms with Crippen molar-refractivity contribution in [2.24, 2.45) is 5.10 Å². The average Bonchev–Trinajstić information content (AvgIpc) is 3.01. The van der Waals surface area contributed by atoms with Crippen LogP contribution >= 0.6 is 12.2 Å². The molecule has 0 aliphatic carbocycles. The third-order valence-corrected chi connectivity index (χ3v) is 4.02. The number of carbonyl (C=O) groups excluding carboxylic acids is 1. The van der Waals surface area contributed by atoms with Gasteiger partial charge in [0, 0.05) is 13.3 Å². The zero-order valence-corrected chi connectivity index (χ0v) is 16.0. The van der Waals surface area contributed by atoms with Crippen molar-refractivity contribution in [2.75, 3.05) is 7.11 Å². The Morgan fingerprint density at radius 3 is 2.71 bits per heavy atom. The number of halogens is 1. The molecule has 0 bridgehead atoms. The second kappa shape index (κ2) is 8.57. The second-order valence-electron chi connectivity index (χ2n) is 5.81. The van der Waals surface area contributed by atoms with Gasteiger partial charge < -0.3 is 9.47 Å². The van der Waals surface area contributed by atoms with Gasteiger partial charge in [0.15, 0.2) is 17.3 Å². The van der Waals surface area contributed by atoms with Crippen LogP contribution in [0.3, 0.4) is 0 Å². The lowest BCUT2D eigenvalue weighted by Crippen LogP contribution is -2.03. The first-order valence-electron chi connectivity index (χ1n) is 8.28. The van der Waals surface area contributed by atoms with Crippen LogP contribution in [-0.4, -0.2) is 34.2 Å². The molecule has 1 heterocycles. The number of aromatic nitrogens is 3. The van der Waals surface area contributed by atoms with Crippen LogP contribution < -0.4 is 9.47 Å². The third kappa shape index (κ3) is 4.68. The van der Waals surface area contributed by atoms with Gasteiger partial charge in [0.25, 0.3) is 0 Å². The van der Waals surface area contributed by atoms with Gasteiger partial charge in [-0.1, -0.05) is 12.1 Å². The van der Waals surface area contributed by atoms with Crippen LogP contribution in [-0.2, 0) is 11.2 Å². The van der Waals surface area contributed by atoms with Crippen molar-refractivity contribution in [2.45, 2.75) is 13.3 Å². The van der Waals surface area contributed by atoms with Gasteiger partial charge in [-0.25, -0.2) is 4.39 Å². The average molecular weight is 400 g/mol. The minimum absolute atomic E-state index is 0.299. The summed E-state index contributed by atoms with van der Waals surface area (Å²) in [5, 5.41) is 11.3. The van der Waals surface area contributed by atoms with Crippen molar-refractivity contribution in [3.05, 3.63) is 70.0 Å². The number of hydrogen-bond acceptors (Lipinski definition) is 6. The summed E-state index contributed by atoms with van der Waals surface area (Å²) >= 11 is 5.23. The van der Waals surface area contributed by atoms with Gasteiger partial charge in [-0.3, -0.25) is 9.89 Å². The Hall–Kier alpha value is -3.33. The standard InChI is InChI=1S/C19H17FN4O3S/c1-12(25)27-16-8-5-14(9-17(16)26-2)11-21-24-18(22-23-19(24)28)10-13-3-6-15(20)7-4-13/h3-9,11H,10H2,1-2H3,(H,23,28)/b21-11-. The number of rotatable bonds is 6. The Morgan fingerprint density at radius 2 is 2.04 bits per heavy atom. The number of benzene rings is 2. The molecular weight excluding hydrogens is 383 g/mol. The fourth-order valence-corrected chi connectivity index (χ4v) is 2.67. The molecule has 0 spiro atoms. The van der Waals surface area contributed by atoms with Gasteiger partial charge in [0.2, 0.25) is 4.77 Å². The molecule has 1 N–H and O–H groups in total. The maximum Gasteiger partial charge on any atom is 0.308 e. The Balaban J connectivity index is 1.84. The number of aromatic amines is 1. The van der Waals surface area contributed by atoms with E-state index in [0.717, 1.165) is 5.56 Å². The Bertz CT molecular complexity index is 1070. The molecular formula is C19H17FN4O3S. The quantitative estimate of drug-likeness (QED) is 0.296. The number of ether oxygens (including phenoxy) is 2. The SMILES string of the molecule is COc1cc(/C=N\n2c(Cc3ccc(F)cc3)n[nH]c2=S)ccc1OC(C)=O. The summed E-state index contributed by atoms with van der Waals surface area (Å²) in [5.74, 6) is 0.573. The molecule has 0 atom stereocenters. The highest BCUT2D eigenvalue weighted by Gasteiger charge is 2.09. The van der Waals surface area contributed by atoms with Crippen molar-refractivity contribution in [1.82, 2.24) is 14.9 Å². The van der Waals surface area contributed by atoms with Crippen LogP contribution in [0.25, 0.3) is 0 Å². The molecule has 0 amide bonds. The first-order valence-corrected chi connectivity index (χ1v) is 8.68. The number of carbonyl (C=O) groups is 1. The van der Waals surface area contributed by atoms with Crippen LogP contribution in [0.5, 0.6) is 11.5 Å². The van der Waals surface area contributed by atoms with E-state index in [0.29, 0.717) is 34.1 Å². The molecule has 3 aromatic rings. The molecule has 7 nitrogen and oxygen atoms in total. The van der Waals surface area contributed by atoms with E-state index < -0.39 is 5.97 Å². The highest BCUT2D eigenvalue weighted by molar-refractivity contribution is 7.71. The van der Waals surface area contributed by atoms with Crippen molar-refractivity contribution in [3.8, 4) is 11.5 Å². The lowest BCUT2D eigenvalue weighted by atomic mass is 10.1. The lowest BCUT2D eigenvalue weighted by molar-refractivity contribution is -0.132. The van der Waals surface area contributed by atoms with Gasteiger partial charge >= 0.3 is 5.97 Å². The Kier molecular flexibility index (Phi) is 5.95. The first kappa shape index (κ1) is 19.4. The third-order valence-electron chi connectivity index (χ3n) is 3.76. The highest BCUT2D eigenvalue weighted by Crippen LogP contribution is 2.27. The maximum absolute atomic E-state index is 13.1. The number of hydrogen-bond donors (Lipinski definition) is 1. The molecule has 0 aliphatic rings. The molecule has 28 heavy (non-hydrogen) atoms. The molecule has 144 valence electrons. The summed E-state index contributed by atoms with van der Waals surface area (Å²) in [5.41, 5.74) is 1.59. The predicted molar refractivity (Wildman–Crippen MR) is 104 cm³/mol. The van der Waals surface area contributed by atoms with E-state index in [-0.39, 0.29) is 5.82 Å². The summed E-state index contributed by atoms with van der Waals surface area (Å²) in [4.78, 5) is 11.1. The summed E-state index contributed by atoms with van der Waals surface area (Å²) in [7, 11) is 1.48. The van der Waals surface area contributed by atoms with Gasteiger partial charge in [0.05, 0.1) is 13.3 Å². The zero-order valence-electron chi connectivity index (χ0n) is 15.2. The molecule has 3 rings (SSSR count). The summed E-state index contributed by atoms with van der Waals surface area (Å²) < 4.78 is 25.2. The largest absolute Gasteiger partial charge is 0.493 e. The normalized spacial score (nSPS) is 11.0. The number of nitrogens with one attached hydrogen (secondary N) is 1. The molecule has 0 saturated carbocycles. The maximum atomic E-state index is 13.1. The van der Waals surface area contributed by atoms with Crippen LogP contribution in [0.2, 0.25) is 0 Å². The van der Waals surface area contributed by atoms with Gasteiger partial charge in [-0.05, 0) is 53.7 Å². The van der Waals surface area contributed by atoms with E-state index in [9.17, 15) is 9.18 Å². The van der Waals surface area contributed by atoms with Crippen molar-refractivity contribution >= 4 is 24.4 Å². The zero-order chi connectivity index (χ0) is 20.1.